The maximum absolute atomic E-state index is 9.74. The molecule has 0 fully saturated rings. The highest BCUT2D eigenvalue weighted by atomic mass is 15.1. The van der Waals surface area contributed by atoms with Crippen molar-refractivity contribution in [2.24, 2.45) is 0 Å². The topological polar surface area (TPSA) is 6.48 Å². The Morgan fingerprint density at radius 2 is 0.409 bits per heavy atom. The van der Waals surface area contributed by atoms with Crippen LogP contribution in [0.2, 0.25) is 0 Å². The Balaban J connectivity index is 0.000000159. The van der Waals surface area contributed by atoms with Gasteiger partial charge >= 0.3 is 0 Å². The number of anilines is 6. The van der Waals surface area contributed by atoms with Crippen LogP contribution in [0.3, 0.4) is 0 Å². The Labute approximate surface area is 662 Å². The van der Waals surface area contributed by atoms with Crippen LogP contribution in [0.15, 0.2) is 436 Å². The van der Waals surface area contributed by atoms with Crippen LogP contribution in [-0.2, 0) is 0 Å². The van der Waals surface area contributed by atoms with Crippen molar-refractivity contribution < 1.29 is 21.9 Å². The van der Waals surface area contributed by atoms with E-state index in [-0.39, 0.29) is 93.3 Å². The molecule has 0 amide bonds. The molecule has 2 nitrogen and oxygen atoms in total. The molecule has 0 saturated carbocycles. The van der Waals surface area contributed by atoms with Crippen molar-refractivity contribution in [3.8, 4) is 66.8 Å². The zero-order valence-electron chi connectivity index (χ0n) is 75.2. The first-order chi connectivity index (χ1) is 61.3. The summed E-state index contributed by atoms with van der Waals surface area (Å²) < 4.78 is 155. The highest BCUT2D eigenvalue weighted by molar-refractivity contribution is 6.18. The fourth-order valence-corrected chi connectivity index (χ4v) is 15.8. The van der Waals surface area contributed by atoms with Crippen LogP contribution in [0.1, 0.15) is 21.9 Å². The fraction of sp³-hybridized carbons (Fsp3) is 0. The predicted octanol–water partition coefficient (Wildman–Crippen LogP) is 30.7. The molecule has 110 heavy (non-hydrogen) atoms. The van der Waals surface area contributed by atoms with E-state index in [2.05, 4.69) is 18.2 Å². The molecule has 21 aromatic rings. The number of benzene rings is 21. The summed E-state index contributed by atoms with van der Waals surface area (Å²) in [5.41, 5.74) is 5.84. The van der Waals surface area contributed by atoms with Crippen molar-refractivity contribution in [2.75, 3.05) is 9.80 Å². The van der Waals surface area contributed by atoms with Gasteiger partial charge in [0.2, 0.25) is 0 Å². The van der Waals surface area contributed by atoms with Crippen LogP contribution in [0.5, 0.6) is 0 Å². The van der Waals surface area contributed by atoms with Crippen molar-refractivity contribution in [3.63, 3.8) is 0 Å². The van der Waals surface area contributed by atoms with Gasteiger partial charge in [0.1, 0.15) is 0 Å². The number of nitrogens with zero attached hydrogens (tertiary/aromatic N) is 2. The van der Waals surface area contributed by atoms with Crippen LogP contribution in [-0.4, -0.2) is 0 Å². The number of hydrogen-bond acceptors (Lipinski definition) is 2. The molecule has 0 heterocycles. The van der Waals surface area contributed by atoms with Gasteiger partial charge in [0, 0.05) is 34.0 Å². The molecule has 514 valence electrons. The minimum atomic E-state index is -0.391. The molecular formula is C108H72N2. The Morgan fingerprint density at radius 1 is 0.145 bits per heavy atom. The van der Waals surface area contributed by atoms with Crippen molar-refractivity contribution in [1.82, 2.24) is 0 Å². The summed E-state index contributed by atoms with van der Waals surface area (Å²) in [5.74, 6) is 0. The molecule has 0 saturated heterocycles. The average molecular weight is 1410 g/mol. The molecule has 0 atom stereocenters. The van der Waals surface area contributed by atoms with Gasteiger partial charge in [-0.05, 0) is 249 Å². The fourth-order valence-electron chi connectivity index (χ4n) is 15.8. The lowest BCUT2D eigenvalue weighted by molar-refractivity contribution is 1.28. The molecule has 0 spiro atoms. The minimum Gasteiger partial charge on any atom is -0.311 e. The Kier molecular flexibility index (Phi) is 12.8. The first-order valence-electron chi connectivity index (χ1n) is 44.7. The average Bonchev–Trinajstić information content (AvgIpc) is 0.720. The van der Waals surface area contributed by atoms with Gasteiger partial charge in [0.25, 0.3) is 0 Å². The second kappa shape index (κ2) is 28.1. The van der Waals surface area contributed by atoms with E-state index in [1.54, 1.807) is 24.3 Å². The van der Waals surface area contributed by atoms with Gasteiger partial charge in [0.15, 0.2) is 0 Å². The lowest BCUT2D eigenvalue weighted by atomic mass is 9.93. The van der Waals surface area contributed by atoms with Crippen LogP contribution in [0.25, 0.3) is 164 Å². The Morgan fingerprint density at radius 3 is 0.782 bits per heavy atom. The summed E-state index contributed by atoms with van der Waals surface area (Å²) in [7, 11) is 0. The SMILES string of the molecule is [2H]c1c([2H])c(N(c2ccc(-c3cccc4ccccc34)cc2)c2c([2H])c([2H])c(-c3cc4ccccc4c4ccccc34)c([2H])c2[2H])c([2H])c([2H])c1-c1cc2ccccc2c2ccccc12.[2H]c1c([2H])c(N(c2ccccc2-c2ccccc2)c2c([2H])c([2H])c(-c3cc4ccccc4c4ccccc34)c([2H])c2[2H])c([2H])c([2H])c1-c1cc2ccccc2c2ccccc12. The monoisotopic (exact) mass is 1410 g/mol. The molecule has 0 aliphatic heterocycles. The minimum absolute atomic E-state index is 0.120. The lowest BCUT2D eigenvalue weighted by Gasteiger charge is -2.28. The number of para-hydroxylation sites is 1. The highest BCUT2D eigenvalue weighted by Crippen LogP contribution is 2.47. The van der Waals surface area contributed by atoms with Crippen LogP contribution in [0.4, 0.5) is 34.1 Å². The third-order valence-corrected chi connectivity index (χ3v) is 20.9. The lowest BCUT2D eigenvalue weighted by Crippen LogP contribution is -2.11. The van der Waals surface area contributed by atoms with Gasteiger partial charge in [-0.3, -0.25) is 0 Å². The second-order valence-corrected chi connectivity index (χ2v) is 27.3. The molecular weight excluding hydrogens is 1330 g/mol. The molecule has 2 heteroatoms. The van der Waals surface area contributed by atoms with Crippen molar-refractivity contribution in [1.29, 1.82) is 0 Å². The summed E-state index contributed by atoms with van der Waals surface area (Å²) in [6, 6.07) is 103. The number of hydrogen-bond donors (Lipinski definition) is 0. The highest BCUT2D eigenvalue weighted by Gasteiger charge is 2.21. The van der Waals surface area contributed by atoms with Crippen molar-refractivity contribution in [3.05, 3.63) is 436 Å². The summed E-state index contributed by atoms with van der Waals surface area (Å²) in [6.45, 7) is 0. The van der Waals surface area contributed by atoms with Gasteiger partial charge < -0.3 is 9.80 Å². The van der Waals surface area contributed by atoms with Gasteiger partial charge in [-0.15, -0.1) is 0 Å². The Hall–Kier alpha value is -14.4. The summed E-state index contributed by atoms with van der Waals surface area (Å²) in [4.78, 5) is 2.77. The molecule has 0 bridgehead atoms. The quantitative estimate of drug-likeness (QED) is 0.113. The van der Waals surface area contributed by atoms with Crippen molar-refractivity contribution >= 4 is 131 Å². The summed E-state index contributed by atoms with van der Waals surface area (Å²) in [6.07, 6.45) is 0. The summed E-state index contributed by atoms with van der Waals surface area (Å²) >= 11 is 0. The summed E-state index contributed by atoms with van der Waals surface area (Å²) in [5, 5.41) is 16.4. The zero-order valence-corrected chi connectivity index (χ0v) is 59.2. The van der Waals surface area contributed by atoms with E-state index in [9.17, 15) is 21.9 Å². The second-order valence-electron chi connectivity index (χ2n) is 27.3. The maximum Gasteiger partial charge on any atom is 0.0645 e. The molecule has 0 radical (unpaired) electrons. The third-order valence-electron chi connectivity index (χ3n) is 20.9. The molecule has 0 aromatic heterocycles. The first kappa shape index (κ1) is 50.1. The van der Waals surface area contributed by atoms with E-state index in [0.29, 0.717) is 39.2 Å². The van der Waals surface area contributed by atoms with Crippen LogP contribution >= 0.6 is 0 Å². The molecule has 0 unspecified atom stereocenters. The standard InChI is InChI=1S/C56H37N.C52H35N/c1-4-16-47-38(12-1)15-11-23-48(47)39-24-30-44(31-25-39)57(45-32-26-40(27-33-45)55-36-42-13-2-5-17-49(42)51-19-7-9-21-53(51)55)46-34-28-41(29-35-46)56-37-43-14-3-6-18-50(43)52-20-8-10-22-54(52)56;1-2-14-36(15-3-1)45-20-12-13-25-52(45)53(41-30-26-37(27-31-41)50-34-39-16-4-6-18-43(39)46-21-8-10-23-48(46)50)42-32-28-38(29-33-42)51-35-40-17-5-7-19-44(40)47-22-9-11-24-49(47)51/h1-37H;1-35H/i26D,27D,28D,29D,32D,33D,34D,35D;26D,27D,28D,29D,30D,31D,32D,33D. The number of fused-ring (bicyclic) bond motifs is 13. The van der Waals surface area contributed by atoms with E-state index in [1.807, 2.05) is 297 Å². The molecule has 0 aliphatic rings. The van der Waals surface area contributed by atoms with E-state index in [0.717, 1.165) is 114 Å². The Bertz CT molecular complexity index is 7650. The zero-order chi connectivity index (χ0) is 86.8. The smallest absolute Gasteiger partial charge is 0.0645 e. The predicted molar refractivity (Wildman–Crippen MR) is 472 cm³/mol. The third kappa shape index (κ3) is 11.9. The van der Waals surface area contributed by atoms with Crippen LogP contribution in [0, 0.1) is 0 Å². The normalized spacial score (nSPS) is 13.5. The maximum atomic E-state index is 9.74. The molecule has 21 rings (SSSR count). The van der Waals surface area contributed by atoms with Crippen LogP contribution < -0.4 is 9.80 Å². The first-order valence-corrected chi connectivity index (χ1v) is 36.7. The van der Waals surface area contributed by atoms with Gasteiger partial charge in [-0.2, -0.15) is 0 Å². The molecule has 0 aliphatic carbocycles. The van der Waals surface area contributed by atoms with Gasteiger partial charge in [0.05, 0.1) is 27.6 Å². The van der Waals surface area contributed by atoms with E-state index < -0.39 is 48.3 Å². The van der Waals surface area contributed by atoms with Crippen molar-refractivity contribution in [2.45, 2.75) is 0 Å². The van der Waals surface area contributed by atoms with E-state index in [4.69, 9.17) is 0 Å². The van der Waals surface area contributed by atoms with Gasteiger partial charge in [-0.1, -0.05) is 346 Å². The number of rotatable bonds is 12. The molecule has 21 aromatic carbocycles. The molecule has 0 N–H and O–H groups in total. The largest absolute Gasteiger partial charge is 0.311 e. The van der Waals surface area contributed by atoms with Gasteiger partial charge in [-0.25, -0.2) is 0 Å². The van der Waals surface area contributed by atoms with E-state index >= 15 is 0 Å². The van der Waals surface area contributed by atoms with E-state index in [1.165, 1.54) is 9.80 Å².